The van der Waals surface area contributed by atoms with Crippen molar-refractivity contribution in [3.63, 3.8) is 0 Å². The molecule has 1 rings (SSSR count). The summed E-state index contributed by atoms with van der Waals surface area (Å²) in [6, 6.07) is 4.80. The van der Waals surface area contributed by atoms with Gasteiger partial charge in [0.15, 0.2) is 5.75 Å². The molecule has 1 amide bonds. The first-order chi connectivity index (χ1) is 8.47. The van der Waals surface area contributed by atoms with Gasteiger partial charge in [0.2, 0.25) is 0 Å². The second-order valence-electron chi connectivity index (χ2n) is 4.37. The van der Waals surface area contributed by atoms with Crippen molar-refractivity contribution in [2.24, 2.45) is 0 Å². The van der Waals surface area contributed by atoms with Crippen molar-refractivity contribution >= 4 is 11.6 Å². The Morgan fingerprint density at radius 1 is 1.33 bits per heavy atom. The largest absolute Gasteiger partial charge is 0.505 e. The van der Waals surface area contributed by atoms with Crippen molar-refractivity contribution in [3.05, 3.63) is 23.8 Å². The number of nitrogens with zero attached hydrogens (tertiary/aromatic N) is 2. The number of hydrogen-bond acceptors (Lipinski definition) is 4. The fourth-order valence-corrected chi connectivity index (χ4v) is 1.52. The maximum absolute atomic E-state index is 12.1. The molecule has 0 saturated carbocycles. The van der Waals surface area contributed by atoms with Gasteiger partial charge in [-0.3, -0.25) is 4.79 Å². The van der Waals surface area contributed by atoms with E-state index >= 15 is 0 Å². The predicted octanol–water partition coefficient (Wildman–Crippen LogP) is 0.998. The van der Waals surface area contributed by atoms with E-state index < -0.39 is 0 Å². The number of phenols is 1. The van der Waals surface area contributed by atoms with E-state index in [1.807, 2.05) is 7.05 Å². The van der Waals surface area contributed by atoms with Crippen LogP contribution in [0.25, 0.3) is 0 Å². The first-order valence-corrected chi connectivity index (χ1v) is 5.98. The van der Waals surface area contributed by atoms with Crippen LogP contribution >= 0.6 is 0 Å². The van der Waals surface area contributed by atoms with Crippen LogP contribution in [0.15, 0.2) is 18.2 Å². The summed E-state index contributed by atoms with van der Waals surface area (Å²) in [6.07, 6.45) is 0. The van der Waals surface area contributed by atoms with Crippen LogP contribution in [0.3, 0.4) is 0 Å². The summed E-state index contributed by atoms with van der Waals surface area (Å²) in [4.78, 5) is 15.8. The van der Waals surface area contributed by atoms with E-state index in [1.54, 1.807) is 30.1 Å². The van der Waals surface area contributed by atoms with Crippen molar-refractivity contribution < 1.29 is 9.90 Å². The Kier molecular flexibility index (Phi) is 4.97. The first kappa shape index (κ1) is 14.3. The first-order valence-electron chi connectivity index (χ1n) is 5.98. The normalized spacial score (nSPS) is 10.7. The molecule has 0 fully saturated rings. The minimum absolute atomic E-state index is 0.141. The highest BCUT2D eigenvalue weighted by Gasteiger charge is 2.16. The topological polar surface area (TPSA) is 69.8 Å². The van der Waals surface area contributed by atoms with E-state index in [-0.39, 0.29) is 22.9 Å². The molecule has 0 aliphatic heterocycles. The number of amides is 1. The molecule has 0 aliphatic rings. The molecule has 0 saturated heterocycles. The van der Waals surface area contributed by atoms with Gasteiger partial charge in [-0.15, -0.1) is 0 Å². The third-order valence-corrected chi connectivity index (χ3v) is 3.00. The van der Waals surface area contributed by atoms with Gasteiger partial charge in [0, 0.05) is 20.1 Å². The molecule has 0 atom stereocenters. The molecule has 100 valence electrons. The van der Waals surface area contributed by atoms with E-state index in [1.165, 1.54) is 0 Å². The van der Waals surface area contributed by atoms with E-state index in [9.17, 15) is 9.90 Å². The van der Waals surface area contributed by atoms with Crippen molar-refractivity contribution in [3.8, 4) is 5.75 Å². The predicted molar refractivity (Wildman–Crippen MR) is 72.7 cm³/mol. The van der Waals surface area contributed by atoms with Gasteiger partial charge in [-0.25, -0.2) is 0 Å². The fourth-order valence-electron chi connectivity index (χ4n) is 1.52. The van der Waals surface area contributed by atoms with Gasteiger partial charge in [-0.2, -0.15) is 0 Å². The molecule has 0 heterocycles. The maximum atomic E-state index is 12.1. The second kappa shape index (κ2) is 6.26. The average Bonchev–Trinajstić information content (AvgIpc) is 2.37. The molecular formula is C13H21N3O2. The number of carbonyl (C=O) groups excluding carboxylic acids is 1. The monoisotopic (exact) mass is 251 g/mol. The van der Waals surface area contributed by atoms with E-state index in [0.29, 0.717) is 6.54 Å². The molecule has 0 unspecified atom stereocenters. The highest BCUT2D eigenvalue weighted by Crippen LogP contribution is 2.25. The van der Waals surface area contributed by atoms with Crippen LogP contribution in [0, 0.1) is 0 Å². The summed E-state index contributed by atoms with van der Waals surface area (Å²) in [5.74, 6) is -0.359. The van der Waals surface area contributed by atoms with Gasteiger partial charge >= 0.3 is 0 Å². The minimum Gasteiger partial charge on any atom is -0.505 e. The number of rotatable bonds is 5. The molecule has 0 radical (unpaired) electrons. The SMILES string of the molecule is CCN(C)CCN(C)C(=O)c1cccc(N)c1O. The zero-order valence-corrected chi connectivity index (χ0v) is 11.2. The molecule has 1 aromatic rings. The summed E-state index contributed by atoms with van der Waals surface area (Å²) in [5, 5.41) is 9.76. The highest BCUT2D eigenvalue weighted by molar-refractivity contribution is 5.98. The molecule has 1 aromatic carbocycles. The number of likely N-dealkylation sites (N-methyl/N-ethyl adjacent to an activating group) is 2. The van der Waals surface area contributed by atoms with Crippen LogP contribution in [-0.2, 0) is 0 Å². The standard InChI is InChI=1S/C13H21N3O2/c1-4-15(2)8-9-16(3)13(18)10-6-5-7-11(14)12(10)17/h5-7,17H,4,8-9,14H2,1-3H3. The van der Waals surface area contributed by atoms with Crippen LogP contribution < -0.4 is 5.73 Å². The van der Waals surface area contributed by atoms with E-state index in [0.717, 1.165) is 13.1 Å². The zero-order chi connectivity index (χ0) is 13.7. The molecule has 0 aliphatic carbocycles. The molecule has 5 heteroatoms. The summed E-state index contributed by atoms with van der Waals surface area (Å²) < 4.78 is 0. The van der Waals surface area contributed by atoms with Crippen LogP contribution in [0.5, 0.6) is 5.75 Å². The summed E-state index contributed by atoms with van der Waals surface area (Å²) in [6.45, 7) is 4.40. The highest BCUT2D eigenvalue weighted by atomic mass is 16.3. The second-order valence-corrected chi connectivity index (χ2v) is 4.37. The lowest BCUT2D eigenvalue weighted by molar-refractivity contribution is 0.0780. The molecule has 0 aromatic heterocycles. The number of benzene rings is 1. The smallest absolute Gasteiger partial charge is 0.257 e. The molecule has 18 heavy (non-hydrogen) atoms. The van der Waals surface area contributed by atoms with Gasteiger partial charge in [-0.1, -0.05) is 13.0 Å². The zero-order valence-electron chi connectivity index (χ0n) is 11.2. The van der Waals surface area contributed by atoms with E-state index in [4.69, 9.17) is 5.73 Å². The Morgan fingerprint density at radius 3 is 2.61 bits per heavy atom. The van der Waals surface area contributed by atoms with Crippen molar-refractivity contribution in [2.45, 2.75) is 6.92 Å². The van der Waals surface area contributed by atoms with Crippen LogP contribution in [0.4, 0.5) is 5.69 Å². The molecule has 0 spiro atoms. The molecule has 5 nitrogen and oxygen atoms in total. The number of para-hydroxylation sites is 1. The Balaban J connectivity index is 2.72. The van der Waals surface area contributed by atoms with Crippen molar-refractivity contribution in [1.82, 2.24) is 9.80 Å². The number of anilines is 1. The Hall–Kier alpha value is -1.75. The summed E-state index contributed by atoms with van der Waals surface area (Å²) in [7, 11) is 3.71. The quantitative estimate of drug-likeness (QED) is 0.605. The van der Waals surface area contributed by atoms with Gasteiger partial charge in [-0.05, 0) is 25.7 Å². The number of phenolic OH excluding ortho intramolecular Hbond substituents is 1. The van der Waals surface area contributed by atoms with Crippen molar-refractivity contribution in [2.75, 3.05) is 39.5 Å². The molecule has 3 N–H and O–H groups in total. The van der Waals surface area contributed by atoms with Crippen LogP contribution in [0.1, 0.15) is 17.3 Å². The minimum atomic E-state index is -0.218. The van der Waals surface area contributed by atoms with Gasteiger partial charge < -0.3 is 20.6 Å². The van der Waals surface area contributed by atoms with Gasteiger partial charge in [0.05, 0.1) is 11.3 Å². The third kappa shape index (κ3) is 3.37. The molecular weight excluding hydrogens is 230 g/mol. The molecule has 0 bridgehead atoms. The third-order valence-electron chi connectivity index (χ3n) is 3.00. The number of nitrogen functional groups attached to an aromatic ring is 1. The average molecular weight is 251 g/mol. The summed E-state index contributed by atoms with van der Waals surface area (Å²) >= 11 is 0. The van der Waals surface area contributed by atoms with Crippen LogP contribution in [-0.4, -0.2) is 54.5 Å². The maximum Gasteiger partial charge on any atom is 0.257 e. The lowest BCUT2D eigenvalue weighted by atomic mass is 10.1. The number of nitrogens with two attached hydrogens (primary N) is 1. The number of hydrogen-bond donors (Lipinski definition) is 2. The number of aromatic hydroxyl groups is 1. The van der Waals surface area contributed by atoms with Crippen molar-refractivity contribution in [1.29, 1.82) is 0 Å². The van der Waals surface area contributed by atoms with Gasteiger partial charge in [0.25, 0.3) is 5.91 Å². The summed E-state index contributed by atoms with van der Waals surface area (Å²) in [5.41, 5.74) is 6.04. The van der Waals surface area contributed by atoms with E-state index in [2.05, 4.69) is 11.8 Å². The Labute approximate surface area is 108 Å². The lowest BCUT2D eigenvalue weighted by Crippen LogP contribution is -2.34. The number of carbonyl (C=O) groups is 1. The van der Waals surface area contributed by atoms with Crippen LogP contribution in [0.2, 0.25) is 0 Å². The lowest BCUT2D eigenvalue weighted by Gasteiger charge is -2.21. The Bertz CT molecular complexity index is 421. The van der Waals surface area contributed by atoms with Gasteiger partial charge in [0.1, 0.15) is 0 Å². The fraction of sp³-hybridized carbons (Fsp3) is 0.462. The Morgan fingerprint density at radius 2 is 2.00 bits per heavy atom.